The highest BCUT2D eigenvalue weighted by Crippen LogP contribution is 2.23. The van der Waals surface area contributed by atoms with Crippen LogP contribution in [0.3, 0.4) is 0 Å². The van der Waals surface area contributed by atoms with Crippen LogP contribution >= 0.6 is 0 Å². The Morgan fingerprint density at radius 1 is 1.45 bits per heavy atom. The second-order valence-corrected chi connectivity index (χ2v) is 4.88. The van der Waals surface area contributed by atoms with Crippen molar-refractivity contribution in [3.05, 3.63) is 30.1 Å². The van der Waals surface area contributed by atoms with Crippen molar-refractivity contribution in [2.75, 3.05) is 6.61 Å². The maximum Gasteiger partial charge on any atom is 0.145 e. The Kier molecular flexibility index (Phi) is 4.29. The minimum absolute atomic E-state index is 0.00643. The van der Waals surface area contributed by atoms with E-state index in [0.29, 0.717) is 29.5 Å². The summed E-state index contributed by atoms with van der Waals surface area (Å²) in [5.41, 5.74) is 6.78. The Morgan fingerprint density at radius 2 is 2.25 bits per heavy atom. The Balaban J connectivity index is 2.28. The molecular formula is C13H18N6O. The molecule has 0 amide bonds. The van der Waals surface area contributed by atoms with Crippen LogP contribution in [0, 0.1) is 11.3 Å². The SMILES string of the molecule is CC(C)CCOc1ccc(C(=N)N)cc1-n1cnnn1. The van der Waals surface area contributed by atoms with Gasteiger partial charge in [-0.05, 0) is 41.0 Å². The molecule has 0 saturated heterocycles. The van der Waals surface area contributed by atoms with Gasteiger partial charge in [0.05, 0.1) is 6.61 Å². The molecule has 0 aliphatic rings. The third kappa shape index (κ3) is 3.31. The number of tetrazole rings is 1. The van der Waals surface area contributed by atoms with Crippen LogP contribution in [-0.4, -0.2) is 32.6 Å². The molecule has 0 saturated carbocycles. The van der Waals surface area contributed by atoms with Crippen molar-refractivity contribution in [3.8, 4) is 11.4 Å². The summed E-state index contributed by atoms with van der Waals surface area (Å²) in [7, 11) is 0. The Hall–Kier alpha value is -2.44. The van der Waals surface area contributed by atoms with Gasteiger partial charge in [0.2, 0.25) is 0 Å². The number of aromatic nitrogens is 4. The van der Waals surface area contributed by atoms with Crippen LogP contribution in [0.1, 0.15) is 25.8 Å². The zero-order valence-corrected chi connectivity index (χ0v) is 11.6. The van der Waals surface area contributed by atoms with Gasteiger partial charge in [-0.3, -0.25) is 5.41 Å². The molecule has 1 heterocycles. The fourth-order valence-electron chi connectivity index (χ4n) is 1.66. The molecule has 1 aromatic carbocycles. The lowest BCUT2D eigenvalue weighted by atomic mass is 10.1. The predicted octanol–water partition coefficient (Wildman–Crippen LogP) is 1.37. The summed E-state index contributed by atoms with van der Waals surface area (Å²) < 4.78 is 7.28. The first-order chi connectivity index (χ1) is 9.58. The zero-order valence-electron chi connectivity index (χ0n) is 11.6. The van der Waals surface area contributed by atoms with Crippen LogP contribution < -0.4 is 10.5 Å². The van der Waals surface area contributed by atoms with E-state index in [1.807, 2.05) is 0 Å². The number of nitrogens with one attached hydrogen (secondary N) is 1. The van der Waals surface area contributed by atoms with Crippen LogP contribution in [0.4, 0.5) is 0 Å². The second-order valence-electron chi connectivity index (χ2n) is 4.88. The van der Waals surface area contributed by atoms with E-state index < -0.39 is 0 Å². The number of nitrogens with zero attached hydrogens (tertiary/aromatic N) is 4. The monoisotopic (exact) mass is 274 g/mol. The molecule has 0 aliphatic heterocycles. The van der Waals surface area contributed by atoms with E-state index in [-0.39, 0.29) is 5.84 Å². The molecule has 0 atom stereocenters. The lowest BCUT2D eigenvalue weighted by molar-refractivity contribution is 0.288. The Labute approximate surface area is 117 Å². The van der Waals surface area contributed by atoms with Crippen molar-refractivity contribution in [1.82, 2.24) is 20.2 Å². The molecule has 0 bridgehead atoms. The normalized spacial score (nSPS) is 10.8. The van der Waals surface area contributed by atoms with Crippen LogP contribution in [0.15, 0.2) is 24.5 Å². The minimum Gasteiger partial charge on any atom is -0.491 e. The van der Waals surface area contributed by atoms with Gasteiger partial charge in [-0.15, -0.1) is 5.10 Å². The van der Waals surface area contributed by atoms with Gasteiger partial charge in [0.15, 0.2) is 0 Å². The number of hydrogen-bond donors (Lipinski definition) is 2. The molecule has 106 valence electrons. The first-order valence-electron chi connectivity index (χ1n) is 6.42. The maximum absolute atomic E-state index is 7.50. The van der Waals surface area contributed by atoms with Gasteiger partial charge in [-0.25, -0.2) is 0 Å². The number of hydrogen-bond acceptors (Lipinski definition) is 5. The van der Waals surface area contributed by atoms with Crippen LogP contribution in [0.2, 0.25) is 0 Å². The van der Waals surface area contributed by atoms with Gasteiger partial charge in [0.1, 0.15) is 23.6 Å². The maximum atomic E-state index is 7.50. The third-order valence-electron chi connectivity index (χ3n) is 2.82. The zero-order chi connectivity index (χ0) is 14.5. The van der Waals surface area contributed by atoms with Crippen molar-refractivity contribution < 1.29 is 4.74 Å². The molecule has 3 N–H and O–H groups in total. The predicted molar refractivity (Wildman–Crippen MR) is 75.1 cm³/mol. The number of ether oxygens (including phenoxy) is 1. The smallest absolute Gasteiger partial charge is 0.145 e. The van der Waals surface area contributed by atoms with E-state index in [1.165, 1.54) is 11.0 Å². The summed E-state index contributed by atoms with van der Waals surface area (Å²) in [4.78, 5) is 0. The first-order valence-corrected chi connectivity index (χ1v) is 6.42. The molecule has 7 nitrogen and oxygen atoms in total. The molecule has 1 aromatic heterocycles. The number of nitrogen functional groups attached to an aromatic ring is 1. The van der Waals surface area contributed by atoms with Crippen LogP contribution in [0.5, 0.6) is 5.75 Å². The van der Waals surface area contributed by atoms with E-state index in [9.17, 15) is 0 Å². The first kappa shape index (κ1) is 14.0. The molecule has 2 aromatic rings. The topological polar surface area (TPSA) is 103 Å². The van der Waals surface area contributed by atoms with Gasteiger partial charge in [-0.2, -0.15) is 4.68 Å². The van der Waals surface area contributed by atoms with Crippen molar-refractivity contribution in [1.29, 1.82) is 5.41 Å². The average Bonchev–Trinajstić information content (AvgIpc) is 2.92. The number of rotatable bonds is 6. The lowest BCUT2D eigenvalue weighted by Gasteiger charge is -2.13. The molecule has 0 unspecified atom stereocenters. The van der Waals surface area contributed by atoms with Gasteiger partial charge >= 0.3 is 0 Å². The Bertz CT molecular complexity index is 579. The summed E-state index contributed by atoms with van der Waals surface area (Å²) in [5.74, 6) is 1.24. The van der Waals surface area contributed by atoms with Crippen LogP contribution in [-0.2, 0) is 0 Å². The molecule has 0 spiro atoms. The van der Waals surface area contributed by atoms with Crippen LogP contribution in [0.25, 0.3) is 5.69 Å². The molecule has 0 radical (unpaired) electrons. The van der Waals surface area contributed by atoms with E-state index in [4.69, 9.17) is 15.9 Å². The van der Waals surface area contributed by atoms with Crippen molar-refractivity contribution in [3.63, 3.8) is 0 Å². The summed E-state index contributed by atoms with van der Waals surface area (Å²) in [6, 6.07) is 5.28. The highest BCUT2D eigenvalue weighted by molar-refractivity contribution is 5.95. The molecule has 20 heavy (non-hydrogen) atoms. The fourth-order valence-corrected chi connectivity index (χ4v) is 1.66. The summed E-state index contributed by atoms with van der Waals surface area (Å²) in [6.07, 6.45) is 2.44. The van der Waals surface area contributed by atoms with Gasteiger partial charge in [0.25, 0.3) is 0 Å². The minimum atomic E-state index is -0.00643. The Morgan fingerprint density at radius 3 is 2.85 bits per heavy atom. The lowest BCUT2D eigenvalue weighted by Crippen LogP contribution is -2.12. The van der Waals surface area contributed by atoms with E-state index in [2.05, 4.69) is 29.4 Å². The highest BCUT2D eigenvalue weighted by Gasteiger charge is 2.10. The van der Waals surface area contributed by atoms with Crippen molar-refractivity contribution >= 4 is 5.84 Å². The standard InChI is InChI=1S/C13H18N6O/c1-9(2)5-6-20-12-4-3-10(13(14)15)7-11(12)19-8-16-17-18-19/h3-4,7-9H,5-6H2,1-2H3,(H3,14,15). The van der Waals surface area contributed by atoms with Gasteiger partial charge < -0.3 is 10.5 Å². The van der Waals surface area contributed by atoms with Crippen molar-refractivity contribution in [2.24, 2.45) is 11.7 Å². The molecule has 2 rings (SSSR count). The number of amidine groups is 1. The molecule has 7 heteroatoms. The van der Waals surface area contributed by atoms with E-state index in [0.717, 1.165) is 6.42 Å². The summed E-state index contributed by atoms with van der Waals surface area (Å²) in [6.45, 7) is 4.90. The fraction of sp³-hybridized carbons (Fsp3) is 0.385. The summed E-state index contributed by atoms with van der Waals surface area (Å²) in [5, 5.41) is 18.6. The number of nitrogens with two attached hydrogens (primary N) is 1. The average molecular weight is 274 g/mol. The van der Waals surface area contributed by atoms with E-state index in [1.54, 1.807) is 18.2 Å². The number of benzene rings is 1. The molecule has 0 aliphatic carbocycles. The van der Waals surface area contributed by atoms with E-state index >= 15 is 0 Å². The van der Waals surface area contributed by atoms with Gasteiger partial charge in [-0.1, -0.05) is 13.8 Å². The van der Waals surface area contributed by atoms with Crippen molar-refractivity contribution in [2.45, 2.75) is 20.3 Å². The summed E-state index contributed by atoms with van der Waals surface area (Å²) >= 11 is 0. The van der Waals surface area contributed by atoms with Gasteiger partial charge in [0, 0.05) is 5.56 Å². The molecular weight excluding hydrogens is 256 g/mol. The second kappa shape index (κ2) is 6.14. The highest BCUT2D eigenvalue weighted by atomic mass is 16.5. The largest absolute Gasteiger partial charge is 0.491 e. The quantitative estimate of drug-likeness (QED) is 0.611. The molecule has 0 fully saturated rings. The third-order valence-corrected chi connectivity index (χ3v) is 2.82.